The van der Waals surface area contributed by atoms with E-state index in [0.29, 0.717) is 0 Å². The molecule has 2 aliphatic rings. The molecule has 104 valence electrons. The number of aliphatic imine (C=N–C) groups is 1. The maximum Gasteiger partial charge on any atom is 0.193 e. The smallest absolute Gasteiger partial charge is 0.193 e. The molecule has 18 heavy (non-hydrogen) atoms. The van der Waals surface area contributed by atoms with Gasteiger partial charge in [-0.15, -0.1) is 0 Å². The first-order valence-electron chi connectivity index (χ1n) is 7.64. The summed E-state index contributed by atoms with van der Waals surface area (Å²) >= 11 is 0. The molecule has 1 aliphatic heterocycles. The van der Waals surface area contributed by atoms with Gasteiger partial charge in [-0.25, -0.2) is 0 Å². The molecule has 0 bridgehead atoms. The van der Waals surface area contributed by atoms with Crippen molar-refractivity contribution < 1.29 is 0 Å². The lowest BCUT2D eigenvalue weighted by Crippen LogP contribution is -2.48. The molecule has 2 rings (SSSR count). The minimum Gasteiger partial charge on any atom is -0.356 e. The van der Waals surface area contributed by atoms with E-state index in [1.807, 2.05) is 7.05 Å². The largest absolute Gasteiger partial charge is 0.356 e. The molecule has 1 heterocycles. The zero-order chi connectivity index (χ0) is 13.0. The molecule has 0 amide bonds. The number of piperidine rings is 1. The van der Waals surface area contributed by atoms with E-state index < -0.39 is 0 Å². The molecule has 2 unspecified atom stereocenters. The van der Waals surface area contributed by atoms with Gasteiger partial charge in [-0.1, -0.05) is 26.7 Å². The summed E-state index contributed by atoms with van der Waals surface area (Å²) in [6.45, 7) is 8.10. The summed E-state index contributed by atoms with van der Waals surface area (Å²) in [4.78, 5) is 6.88. The maximum absolute atomic E-state index is 4.44. The fraction of sp³-hybridized carbons (Fsp3) is 0.933. The number of hydrogen-bond acceptors (Lipinski definition) is 1. The zero-order valence-corrected chi connectivity index (χ0v) is 12.3. The molecular weight excluding hydrogens is 222 g/mol. The average molecular weight is 251 g/mol. The Labute approximate surface area is 112 Å². The van der Waals surface area contributed by atoms with Crippen LogP contribution in [0.15, 0.2) is 4.99 Å². The predicted octanol–water partition coefficient (Wildman–Crippen LogP) is 2.73. The number of nitrogens with zero attached hydrogens (tertiary/aromatic N) is 2. The fourth-order valence-corrected chi connectivity index (χ4v) is 3.17. The molecule has 0 aromatic carbocycles. The molecule has 1 aliphatic carbocycles. The fourth-order valence-electron chi connectivity index (χ4n) is 3.17. The van der Waals surface area contributed by atoms with Crippen molar-refractivity contribution in [1.29, 1.82) is 0 Å². The zero-order valence-electron chi connectivity index (χ0n) is 12.3. The second kappa shape index (κ2) is 6.44. The summed E-state index contributed by atoms with van der Waals surface area (Å²) < 4.78 is 0. The first kappa shape index (κ1) is 13.7. The minimum absolute atomic E-state index is 0.791. The van der Waals surface area contributed by atoms with Crippen LogP contribution in [0.25, 0.3) is 0 Å². The normalized spacial score (nSPS) is 29.5. The van der Waals surface area contributed by atoms with E-state index in [9.17, 15) is 0 Å². The Morgan fingerprint density at radius 3 is 2.44 bits per heavy atom. The second-order valence-electron chi connectivity index (χ2n) is 6.41. The van der Waals surface area contributed by atoms with Crippen molar-refractivity contribution in [3.8, 4) is 0 Å². The van der Waals surface area contributed by atoms with Crippen molar-refractivity contribution in [3.63, 3.8) is 0 Å². The third-order valence-corrected chi connectivity index (χ3v) is 4.15. The topological polar surface area (TPSA) is 27.6 Å². The van der Waals surface area contributed by atoms with Gasteiger partial charge >= 0.3 is 0 Å². The summed E-state index contributed by atoms with van der Waals surface area (Å²) in [5, 5.41) is 3.54. The molecule has 1 N–H and O–H groups in total. The summed E-state index contributed by atoms with van der Waals surface area (Å²) in [7, 11) is 1.91. The molecule has 0 spiro atoms. The Morgan fingerprint density at radius 2 is 1.89 bits per heavy atom. The van der Waals surface area contributed by atoms with Gasteiger partial charge in [-0.2, -0.15) is 0 Å². The van der Waals surface area contributed by atoms with Gasteiger partial charge in [0, 0.05) is 26.7 Å². The van der Waals surface area contributed by atoms with Crippen LogP contribution in [0, 0.1) is 17.8 Å². The quantitative estimate of drug-likeness (QED) is 0.472. The van der Waals surface area contributed by atoms with Crippen LogP contribution in [0.3, 0.4) is 0 Å². The monoisotopic (exact) mass is 251 g/mol. The summed E-state index contributed by atoms with van der Waals surface area (Å²) in [5.74, 6) is 3.74. The van der Waals surface area contributed by atoms with Crippen molar-refractivity contribution in [2.45, 2.75) is 46.0 Å². The third-order valence-electron chi connectivity index (χ3n) is 4.15. The van der Waals surface area contributed by atoms with E-state index in [-0.39, 0.29) is 0 Å². The van der Waals surface area contributed by atoms with E-state index in [4.69, 9.17) is 0 Å². The highest BCUT2D eigenvalue weighted by Gasteiger charge is 2.24. The molecule has 3 nitrogen and oxygen atoms in total. The minimum atomic E-state index is 0.791. The molecule has 0 aromatic heterocycles. The van der Waals surface area contributed by atoms with Gasteiger partial charge < -0.3 is 10.2 Å². The van der Waals surface area contributed by atoms with Crippen molar-refractivity contribution in [2.24, 2.45) is 22.7 Å². The van der Waals surface area contributed by atoms with E-state index in [1.54, 1.807) is 0 Å². The van der Waals surface area contributed by atoms with Crippen LogP contribution in [0.4, 0.5) is 0 Å². The average Bonchev–Trinajstić information content (AvgIpc) is 3.11. The Bertz CT molecular complexity index is 273. The second-order valence-corrected chi connectivity index (χ2v) is 6.41. The van der Waals surface area contributed by atoms with Crippen molar-refractivity contribution >= 4 is 5.96 Å². The first-order valence-corrected chi connectivity index (χ1v) is 7.64. The van der Waals surface area contributed by atoms with Gasteiger partial charge in [0.1, 0.15) is 0 Å². The van der Waals surface area contributed by atoms with Crippen molar-refractivity contribution in [3.05, 3.63) is 0 Å². The summed E-state index contributed by atoms with van der Waals surface area (Å²) in [5.41, 5.74) is 0. The van der Waals surface area contributed by atoms with Gasteiger partial charge in [0.25, 0.3) is 0 Å². The SMILES string of the molecule is CN=C(NCCCC1CC1)N1CC(C)CC(C)C1. The summed E-state index contributed by atoms with van der Waals surface area (Å²) in [6.07, 6.45) is 6.99. The van der Waals surface area contributed by atoms with Crippen molar-refractivity contribution in [2.75, 3.05) is 26.7 Å². The molecule has 0 radical (unpaired) electrons. The van der Waals surface area contributed by atoms with Gasteiger partial charge in [0.2, 0.25) is 0 Å². The van der Waals surface area contributed by atoms with Crippen LogP contribution in [0.2, 0.25) is 0 Å². The number of likely N-dealkylation sites (tertiary alicyclic amines) is 1. The number of nitrogens with one attached hydrogen (secondary N) is 1. The Hall–Kier alpha value is -0.730. The number of guanidine groups is 1. The standard InChI is InChI=1S/C15H29N3/c1-12-9-13(2)11-18(10-12)15(16-3)17-8-4-5-14-6-7-14/h12-14H,4-11H2,1-3H3,(H,16,17). The molecule has 1 saturated carbocycles. The lowest BCUT2D eigenvalue weighted by atomic mass is 9.92. The van der Waals surface area contributed by atoms with Crippen LogP contribution in [0.5, 0.6) is 0 Å². The molecule has 0 aromatic rings. The lowest BCUT2D eigenvalue weighted by molar-refractivity contribution is 0.208. The molecule has 3 heteroatoms. The van der Waals surface area contributed by atoms with Gasteiger partial charge in [0.05, 0.1) is 0 Å². The van der Waals surface area contributed by atoms with Gasteiger partial charge in [-0.3, -0.25) is 4.99 Å². The molecule has 2 atom stereocenters. The number of hydrogen-bond donors (Lipinski definition) is 1. The number of rotatable bonds is 4. The molecule has 2 fully saturated rings. The Balaban J connectivity index is 1.72. The van der Waals surface area contributed by atoms with E-state index in [2.05, 4.69) is 29.1 Å². The van der Waals surface area contributed by atoms with Crippen LogP contribution in [-0.2, 0) is 0 Å². The van der Waals surface area contributed by atoms with E-state index in [1.165, 1.54) is 32.1 Å². The van der Waals surface area contributed by atoms with Crippen LogP contribution < -0.4 is 5.32 Å². The van der Waals surface area contributed by atoms with Crippen LogP contribution in [-0.4, -0.2) is 37.5 Å². The lowest BCUT2D eigenvalue weighted by Gasteiger charge is -2.37. The van der Waals surface area contributed by atoms with E-state index in [0.717, 1.165) is 43.3 Å². The maximum atomic E-state index is 4.44. The predicted molar refractivity (Wildman–Crippen MR) is 77.8 cm³/mol. The Kier molecular flexibility index (Phi) is 4.90. The van der Waals surface area contributed by atoms with Gasteiger partial charge in [0.15, 0.2) is 5.96 Å². The first-order chi connectivity index (χ1) is 8.69. The van der Waals surface area contributed by atoms with Gasteiger partial charge in [-0.05, 0) is 37.0 Å². The van der Waals surface area contributed by atoms with Crippen LogP contribution >= 0.6 is 0 Å². The molecule has 1 saturated heterocycles. The van der Waals surface area contributed by atoms with E-state index >= 15 is 0 Å². The highest BCUT2D eigenvalue weighted by molar-refractivity contribution is 5.79. The third kappa shape index (κ3) is 4.18. The molecular formula is C15H29N3. The summed E-state index contributed by atoms with van der Waals surface area (Å²) in [6, 6.07) is 0. The highest BCUT2D eigenvalue weighted by atomic mass is 15.3. The Morgan fingerprint density at radius 1 is 1.22 bits per heavy atom. The van der Waals surface area contributed by atoms with Crippen LogP contribution in [0.1, 0.15) is 46.0 Å². The van der Waals surface area contributed by atoms with Crippen molar-refractivity contribution in [1.82, 2.24) is 10.2 Å². The highest BCUT2D eigenvalue weighted by Crippen LogP contribution is 2.33.